The Bertz CT molecular complexity index is 459. The summed E-state index contributed by atoms with van der Waals surface area (Å²) < 4.78 is 0. The van der Waals surface area contributed by atoms with Crippen LogP contribution < -0.4 is 11.1 Å². The zero-order chi connectivity index (χ0) is 14.4. The minimum absolute atomic E-state index is 0.268. The zero-order valence-electron chi connectivity index (χ0n) is 11.7. The first-order chi connectivity index (χ1) is 9.65. The molecule has 1 aliphatic rings. The number of amides is 1. The van der Waals surface area contributed by atoms with Gasteiger partial charge in [0, 0.05) is 12.8 Å². The summed E-state index contributed by atoms with van der Waals surface area (Å²) in [6, 6.07) is 9.77. The van der Waals surface area contributed by atoms with Crippen LogP contribution in [0.3, 0.4) is 0 Å². The second-order valence-corrected chi connectivity index (χ2v) is 5.53. The maximum Gasteiger partial charge on any atom is 0.234 e. The Kier molecular flexibility index (Phi) is 5.30. The topological polar surface area (TPSA) is 72.2 Å². The summed E-state index contributed by atoms with van der Waals surface area (Å²) in [4.78, 5) is 23.2. The maximum absolute atomic E-state index is 12.0. The van der Waals surface area contributed by atoms with Gasteiger partial charge in [0.1, 0.15) is 5.78 Å². The third-order valence-corrected chi connectivity index (χ3v) is 3.91. The number of rotatable bonds is 6. The Morgan fingerprint density at radius 2 is 2.00 bits per heavy atom. The second-order valence-electron chi connectivity index (χ2n) is 5.53. The lowest BCUT2D eigenvalue weighted by atomic mass is 9.87. The van der Waals surface area contributed by atoms with E-state index in [0.29, 0.717) is 19.3 Å². The van der Waals surface area contributed by atoms with Crippen LogP contribution in [0.2, 0.25) is 0 Å². The van der Waals surface area contributed by atoms with Gasteiger partial charge in [-0.05, 0) is 37.3 Å². The Morgan fingerprint density at radius 1 is 1.25 bits per heavy atom. The average molecular weight is 274 g/mol. The van der Waals surface area contributed by atoms with Gasteiger partial charge in [0.2, 0.25) is 5.91 Å². The molecule has 108 valence electrons. The van der Waals surface area contributed by atoms with Gasteiger partial charge >= 0.3 is 0 Å². The number of carbonyl (C=O) groups excluding carboxylic acids is 2. The van der Waals surface area contributed by atoms with E-state index < -0.39 is 0 Å². The molecule has 2 unspecified atom stereocenters. The lowest BCUT2D eigenvalue weighted by Gasteiger charge is -2.27. The van der Waals surface area contributed by atoms with Crippen LogP contribution in [-0.4, -0.2) is 24.3 Å². The highest BCUT2D eigenvalue weighted by Gasteiger charge is 2.26. The van der Waals surface area contributed by atoms with Crippen molar-refractivity contribution in [1.82, 2.24) is 5.32 Å². The van der Waals surface area contributed by atoms with Crippen LogP contribution in [-0.2, 0) is 16.0 Å². The lowest BCUT2D eigenvalue weighted by Crippen LogP contribution is -2.47. The fraction of sp³-hybridized carbons (Fsp3) is 0.500. The highest BCUT2D eigenvalue weighted by molar-refractivity contribution is 5.81. The number of carbonyl (C=O) groups is 2. The molecular weight excluding hydrogens is 252 g/mol. The zero-order valence-corrected chi connectivity index (χ0v) is 11.7. The number of ketones is 1. The van der Waals surface area contributed by atoms with Crippen molar-refractivity contribution < 1.29 is 9.59 Å². The molecule has 1 amide bonds. The number of nitrogens with two attached hydrogens (primary N) is 1. The molecule has 1 heterocycles. The van der Waals surface area contributed by atoms with Crippen LogP contribution >= 0.6 is 0 Å². The first-order valence-electron chi connectivity index (χ1n) is 7.23. The highest BCUT2D eigenvalue weighted by atomic mass is 16.1. The minimum Gasteiger partial charge on any atom is -0.368 e. The van der Waals surface area contributed by atoms with Gasteiger partial charge in [-0.15, -0.1) is 0 Å². The van der Waals surface area contributed by atoms with Crippen LogP contribution in [0.15, 0.2) is 30.3 Å². The van der Waals surface area contributed by atoms with E-state index in [0.717, 1.165) is 19.4 Å². The standard InChI is InChI=1S/C16H22N2O2/c17-16(20)15-11-13(8-9-18-15)10-14(19)7-6-12-4-2-1-3-5-12/h1-5,13,15,18H,6-11H2,(H2,17,20). The molecule has 1 aromatic carbocycles. The van der Waals surface area contributed by atoms with Crippen LogP contribution in [0.4, 0.5) is 0 Å². The smallest absolute Gasteiger partial charge is 0.234 e. The van der Waals surface area contributed by atoms with E-state index in [-0.39, 0.29) is 23.7 Å². The van der Waals surface area contributed by atoms with Crippen molar-refractivity contribution >= 4 is 11.7 Å². The van der Waals surface area contributed by atoms with Crippen molar-refractivity contribution in [3.8, 4) is 0 Å². The predicted octanol–water partition coefficient (Wildman–Crippen LogP) is 1.43. The van der Waals surface area contributed by atoms with Crippen molar-refractivity contribution in [3.63, 3.8) is 0 Å². The summed E-state index contributed by atoms with van der Waals surface area (Å²) >= 11 is 0. The normalized spacial score (nSPS) is 22.4. The molecule has 0 aromatic heterocycles. The van der Waals surface area contributed by atoms with Gasteiger partial charge in [-0.3, -0.25) is 9.59 Å². The maximum atomic E-state index is 12.0. The van der Waals surface area contributed by atoms with Crippen LogP contribution in [0, 0.1) is 5.92 Å². The number of nitrogens with one attached hydrogen (secondary N) is 1. The number of aryl methyl sites for hydroxylation is 1. The Labute approximate surface area is 119 Å². The van der Waals surface area contributed by atoms with Crippen molar-refractivity contribution in [3.05, 3.63) is 35.9 Å². The summed E-state index contributed by atoms with van der Waals surface area (Å²) in [6.07, 6.45) is 3.57. The van der Waals surface area contributed by atoms with Gasteiger partial charge in [-0.1, -0.05) is 30.3 Å². The molecule has 1 aromatic rings. The predicted molar refractivity (Wildman–Crippen MR) is 78.1 cm³/mol. The summed E-state index contributed by atoms with van der Waals surface area (Å²) in [5.74, 6) is 0.257. The quantitative estimate of drug-likeness (QED) is 0.824. The molecule has 1 aliphatic heterocycles. The average Bonchev–Trinajstić information content (AvgIpc) is 2.46. The number of hydrogen-bond acceptors (Lipinski definition) is 3. The molecule has 2 rings (SSSR count). The van der Waals surface area contributed by atoms with Gasteiger partial charge in [0.15, 0.2) is 0 Å². The van der Waals surface area contributed by atoms with Crippen molar-refractivity contribution in [1.29, 1.82) is 0 Å². The van der Waals surface area contributed by atoms with Gasteiger partial charge < -0.3 is 11.1 Å². The number of Topliss-reactive ketones (excluding diaryl/α,β-unsaturated/α-hetero) is 1. The van der Waals surface area contributed by atoms with Crippen LogP contribution in [0.1, 0.15) is 31.2 Å². The number of hydrogen-bond donors (Lipinski definition) is 2. The molecule has 4 nitrogen and oxygen atoms in total. The van der Waals surface area contributed by atoms with E-state index in [1.54, 1.807) is 0 Å². The molecule has 0 saturated carbocycles. The summed E-state index contributed by atoms with van der Waals surface area (Å²) in [6.45, 7) is 0.768. The fourth-order valence-electron chi connectivity index (χ4n) is 2.75. The molecule has 0 spiro atoms. The first kappa shape index (κ1) is 14.7. The van der Waals surface area contributed by atoms with E-state index in [9.17, 15) is 9.59 Å². The lowest BCUT2D eigenvalue weighted by molar-refractivity contribution is -0.123. The van der Waals surface area contributed by atoms with E-state index in [1.807, 2.05) is 30.3 Å². The molecular formula is C16H22N2O2. The number of benzene rings is 1. The Hall–Kier alpha value is -1.68. The van der Waals surface area contributed by atoms with Gasteiger partial charge in [0.25, 0.3) is 0 Å². The van der Waals surface area contributed by atoms with Gasteiger partial charge in [0.05, 0.1) is 6.04 Å². The SMILES string of the molecule is NC(=O)C1CC(CC(=O)CCc2ccccc2)CCN1. The minimum atomic E-state index is -0.313. The third kappa shape index (κ3) is 4.46. The molecule has 20 heavy (non-hydrogen) atoms. The monoisotopic (exact) mass is 274 g/mol. The van der Waals surface area contributed by atoms with E-state index >= 15 is 0 Å². The fourth-order valence-corrected chi connectivity index (χ4v) is 2.75. The molecule has 3 N–H and O–H groups in total. The molecule has 1 saturated heterocycles. The van der Waals surface area contributed by atoms with E-state index in [2.05, 4.69) is 5.32 Å². The van der Waals surface area contributed by atoms with Crippen LogP contribution in [0.25, 0.3) is 0 Å². The third-order valence-electron chi connectivity index (χ3n) is 3.91. The number of piperidine rings is 1. The second kappa shape index (κ2) is 7.20. The summed E-state index contributed by atoms with van der Waals surface area (Å²) in [7, 11) is 0. The van der Waals surface area contributed by atoms with Gasteiger partial charge in [-0.2, -0.15) is 0 Å². The van der Waals surface area contributed by atoms with Crippen molar-refractivity contribution in [2.24, 2.45) is 11.7 Å². The van der Waals surface area contributed by atoms with E-state index in [4.69, 9.17) is 5.73 Å². The van der Waals surface area contributed by atoms with Crippen molar-refractivity contribution in [2.75, 3.05) is 6.54 Å². The van der Waals surface area contributed by atoms with Gasteiger partial charge in [-0.25, -0.2) is 0 Å². The highest BCUT2D eigenvalue weighted by Crippen LogP contribution is 2.21. The molecule has 1 fully saturated rings. The first-order valence-corrected chi connectivity index (χ1v) is 7.23. The Balaban J connectivity index is 1.75. The molecule has 0 radical (unpaired) electrons. The number of primary amides is 1. The largest absolute Gasteiger partial charge is 0.368 e. The van der Waals surface area contributed by atoms with Crippen LogP contribution in [0.5, 0.6) is 0 Å². The molecule has 2 atom stereocenters. The molecule has 4 heteroatoms. The Morgan fingerprint density at radius 3 is 2.70 bits per heavy atom. The van der Waals surface area contributed by atoms with E-state index in [1.165, 1.54) is 5.56 Å². The molecule has 0 aliphatic carbocycles. The molecule has 0 bridgehead atoms. The summed E-state index contributed by atoms with van der Waals surface area (Å²) in [5.41, 5.74) is 6.50. The summed E-state index contributed by atoms with van der Waals surface area (Å²) in [5, 5.41) is 3.09. The van der Waals surface area contributed by atoms with Crippen molar-refractivity contribution in [2.45, 2.75) is 38.1 Å².